The van der Waals surface area contributed by atoms with E-state index in [1.54, 1.807) is 60.7 Å². The molecular formula is C28H27ClO9S. The first-order valence-corrected chi connectivity index (χ1v) is 13.9. The number of carbonyl (C=O) groups excluding carboxylic acids is 2. The van der Waals surface area contributed by atoms with Crippen LogP contribution in [0.1, 0.15) is 26.3 Å². The van der Waals surface area contributed by atoms with Crippen LogP contribution >= 0.6 is 11.6 Å². The number of halogens is 1. The fourth-order valence-electron chi connectivity index (χ4n) is 4.01. The van der Waals surface area contributed by atoms with Crippen LogP contribution in [0.15, 0.2) is 89.8 Å². The summed E-state index contributed by atoms with van der Waals surface area (Å²) in [6, 6.07) is 22.2. The molecule has 1 saturated heterocycles. The largest absolute Gasteiger partial charge is 0.452 e. The number of aryl methyl sites for hydroxylation is 1. The van der Waals surface area contributed by atoms with E-state index in [2.05, 4.69) is 0 Å². The van der Waals surface area contributed by atoms with Crippen LogP contribution in [0.4, 0.5) is 0 Å². The molecule has 9 nitrogen and oxygen atoms in total. The van der Waals surface area contributed by atoms with Gasteiger partial charge in [-0.2, -0.15) is 8.42 Å². The van der Waals surface area contributed by atoms with Crippen LogP contribution in [0.5, 0.6) is 0 Å². The topological polar surface area (TPSA) is 114 Å². The van der Waals surface area contributed by atoms with E-state index in [0.717, 1.165) is 5.56 Å². The molecule has 0 aromatic heterocycles. The lowest BCUT2D eigenvalue weighted by Crippen LogP contribution is -2.62. The average molecular weight is 575 g/mol. The van der Waals surface area contributed by atoms with Gasteiger partial charge in [-0.1, -0.05) is 54.1 Å². The standard InChI is InChI=1S/C28H27ClO9S/c1-18-13-15-21(16-14-18)39(32,33)38-25-24(37-27(31)20-11-7-4-8-12-20)23(22(17-29)35-28(25)34-2)36-26(30)19-9-5-3-6-10-19/h3-16,22-25,28H,17H2,1-2H3/t22-,23-,24+,25-,28+/m1/s1. The van der Waals surface area contributed by atoms with Gasteiger partial charge in [0.2, 0.25) is 0 Å². The molecule has 3 aromatic carbocycles. The van der Waals surface area contributed by atoms with E-state index >= 15 is 0 Å². The minimum absolute atomic E-state index is 0.131. The Balaban J connectivity index is 1.73. The summed E-state index contributed by atoms with van der Waals surface area (Å²) in [5, 5.41) is 0. The van der Waals surface area contributed by atoms with E-state index in [0.29, 0.717) is 0 Å². The van der Waals surface area contributed by atoms with Gasteiger partial charge in [0.15, 0.2) is 24.6 Å². The first-order chi connectivity index (χ1) is 18.7. The number of rotatable bonds is 9. The second kappa shape index (κ2) is 12.7. The maximum atomic E-state index is 13.3. The summed E-state index contributed by atoms with van der Waals surface area (Å²) in [6.45, 7) is 1.81. The third kappa shape index (κ3) is 6.84. The van der Waals surface area contributed by atoms with Gasteiger partial charge in [0.25, 0.3) is 10.1 Å². The molecule has 5 atom stereocenters. The number of benzene rings is 3. The molecule has 1 heterocycles. The maximum absolute atomic E-state index is 13.3. The molecule has 0 aliphatic carbocycles. The highest BCUT2D eigenvalue weighted by atomic mass is 35.5. The zero-order chi connectivity index (χ0) is 28.0. The van der Waals surface area contributed by atoms with Gasteiger partial charge in [-0.25, -0.2) is 9.59 Å². The molecule has 0 spiro atoms. The smallest absolute Gasteiger partial charge is 0.338 e. The molecule has 1 fully saturated rings. The zero-order valence-corrected chi connectivity index (χ0v) is 22.7. The predicted molar refractivity (Wildman–Crippen MR) is 141 cm³/mol. The average Bonchev–Trinajstić information content (AvgIpc) is 2.95. The number of hydrogen-bond acceptors (Lipinski definition) is 9. The van der Waals surface area contributed by atoms with Crippen molar-refractivity contribution < 1.29 is 41.1 Å². The molecule has 0 saturated carbocycles. The van der Waals surface area contributed by atoms with Crippen molar-refractivity contribution in [2.45, 2.75) is 42.5 Å². The Labute approximate surface area is 231 Å². The summed E-state index contributed by atoms with van der Waals surface area (Å²) in [7, 11) is -3.13. The van der Waals surface area contributed by atoms with E-state index in [4.69, 9.17) is 34.7 Å². The number of esters is 2. The lowest BCUT2D eigenvalue weighted by atomic mass is 9.98. The fourth-order valence-corrected chi connectivity index (χ4v) is 5.33. The Morgan fingerprint density at radius 3 is 1.79 bits per heavy atom. The Hall–Kier alpha value is -3.28. The van der Waals surface area contributed by atoms with E-state index < -0.39 is 52.8 Å². The number of methoxy groups -OCH3 is 1. The highest BCUT2D eigenvalue weighted by Gasteiger charge is 2.53. The van der Waals surface area contributed by atoms with Gasteiger partial charge in [-0.15, -0.1) is 11.6 Å². The van der Waals surface area contributed by atoms with Gasteiger partial charge < -0.3 is 18.9 Å². The summed E-state index contributed by atoms with van der Waals surface area (Å²) in [6.07, 6.45) is -6.74. The van der Waals surface area contributed by atoms with Crippen molar-refractivity contribution in [3.8, 4) is 0 Å². The van der Waals surface area contributed by atoms with E-state index in [1.165, 1.54) is 31.4 Å². The van der Waals surface area contributed by atoms with E-state index in [9.17, 15) is 18.0 Å². The van der Waals surface area contributed by atoms with E-state index in [-0.39, 0.29) is 21.9 Å². The summed E-state index contributed by atoms with van der Waals surface area (Å²) in [4.78, 5) is 26.0. The van der Waals surface area contributed by atoms with Crippen LogP contribution in [0.25, 0.3) is 0 Å². The molecule has 1 aliphatic heterocycles. The third-order valence-electron chi connectivity index (χ3n) is 6.03. The van der Waals surface area contributed by atoms with Crippen molar-refractivity contribution in [1.82, 2.24) is 0 Å². The molecule has 0 unspecified atom stereocenters. The SMILES string of the molecule is CO[C@H]1O[C@H](CCl)[C@@H](OC(=O)c2ccccc2)[C@H](OC(=O)c2ccccc2)[C@H]1OS(=O)(=O)c1ccc(C)cc1. The molecule has 11 heteroatoms. The normalized spacial score (nSPS) is 23.1. The quantitative estimate of drug-likeness (QED) is 0.211. The molecule has 0 N–H and O–H groups in total. The highest BCUT2D eigenvalue weighted by Crippen LogP contribution is 2.33. The third-order valence-corrected chi connectivity index (χ3v) is 7.66. The Kier molecular flexibility index (Phi) is 9.36. The Morgan fingerprint density at radius 2 is 1.31 bits per heavy atom. The molecule has 0 amide bonds. The Bertz CT molecular complexity index is 1370. The first kappa shape index (κ1) is 28.7. The van der Waals surface area contributed by atoms with Gasteiger partial charge in [0.05, 0.1) is 21.9 Å². The Morgan fingerprint density at radius 1 is 0.795 bits per heavy atom. The van der Waals surface area contributed by atoms with Crippen molar-refractivity contribution in [2.75, 3.05) is 13.0 Å². The van der Waals surface area contributed by atoms with Crippen molar-refractivity contribution in [1.29, 1.82) is 0 Å². The van der Waals surface area contributed by atoms with Gasteiger partial charge in [-0.05, 0) is 43.3 Å². The van der Waals surface area contributed by atoms with Crippen LogP contribution < -0.4 is 0 Å². The number of ether oxygens (including phenoxy) is 4. The summed E-state index contributed by atoms with van der Waals surface area (Å²) in [5.74, 6) is -1.74. The van der Waals surface area contributed by atoms with Gasteiger partial charge >= 0.3 is 11.9 Å². The van der Waals surface area contributed by atoms with Crippen LogP contribution in [-0.2, 0) is 33.2 Å². The molecule has 0 radical (unpaired) electrons. The molecule has 4 rings (SSSR count). The number of alkyl halides is 1. The zero-order valence-electron chi connectivity index (χ0n) is 21.1. The van der Waals surface area contributed by atoms with Crippen LogP contribution in [-0.4, -0.2) is 64.1 Å². The second-order valence-electron chi connectivity index (χ2n) is 8.73. The fraction of sp³-hybridized carbons (Fsp3) is 0.286. The first-order valence-electron chi connectivity index (χ1n) is 12.0. The minimum Gasteiger partial charge on any atom is -0.452 e. The van der Waals surface area contributed by atoms with Crippen LogP contribution in [0.3, 0.4) is 0 Å². The molecule has 1 aliphatic rings. The summed E-state index contributed by atoms with van der Waals surface area (Å²) >= 11 is 6.17. The minimum atomic E-state index is -4.41. The lowest BCUT2D eigenvalue weighted by Gasteiger charge is -2.43. The van der Waals surface area contributed by atoms with Crippen LogP contribution in [0, 0.1) is 6.92 Å². The highest BCUT2D eigenvalue weighted by molar-refractivity contribution is 7.86. The molecule has 0 bridgehead atoms. The molecular weight excluding hydrogens is 548 g/mol. The molecule has 206 valence electrons. The van der Waals surface area contributed by atoms with Gasteiger partial charge in [-0.3, -0.25) is 4.18 Å². The summed E-state index contributed by atoms with van der Waals surface area (Å²) in [5.41, 5.74) is 1.25. The molecule has 39 heavy (non-hydrogen) atoms. The second-order valence-corrected chi connectivity index (χ2v) is 10.6. The number of carbonyl (C=O) groups is 2. The van der Waals surface area contributed by atoms with Crippen LogP contribution in [0.2, 0.25) is 0 Å². The maximum Gasteiger partial charge on any atom is 0.338 e. The van der Waals surface area contributed by atoms with Gasteiger partial charge in [0, 0.05) is 7.11 Å². The lowest BCUT2D eigenvalue weighted by molar-refractivity contribution is -0.277. The number of hydrogen-bond donors (Lipinski definition) is 0. The predicted octanol–water partition coefficient (Wildman–Crippen LogP) is 4.13. The van der Waals surface area contributed by atoms with Crippen molar-refractivity contribution in [3.05, 3.63) is 102 Å². The van der Waals surface area contributed by atoms with Gasteiger partial charge in [0.1, 0.15) is 6.10 Å². The summed E-state index contributed by atoms with van der Waals surface area (Å²) < 4.78 is 54.9. The van der Waals surface area contributed by atoms with Crippen molar-refractivity contribution >= 4 is 33.7 Å². The molecule has 3 aromatic rings. The van der Waals surface area contributed by atoms with Crippen molar-refractivity contribution in [3.63, 3.8) is 0 Å². The van der Waals surface area contributed by atoms with E-state index in [1.807, 2.05) is 6.92 Å². The van der Waals surface area contributed by atoms with Crippen molar-refractivity contribution in [2.24, 2.45) is 0 Å². The monoisotopic (exact) mass is 574 g/mol.